The lowest BCUT2D eigenvalue weighted by atomic mass is 10.1. The maximum atomic E-state index is 13.1. The molecule has 0 spiro atoms. The molecular weight excluding hydrogens is 506 g/mol. The first-order chi connectivity index (χ1) is 15.9. The van der Waals surface area contributed by atoms with Crippen molar-refractivity contribution < 1.29 is 13.2 Å². The van der Waals surface area contributed by atoms with Crippen molar-refractivity contribution in [1.29, 1.82) is 0 Å². The van der Waals surface area contributed by atoms with E-state index in [2.05, 4.69) is 47.7 Å². The van der Waals surface area contributed by atoms with E-state index in [9.17, 15) is 8.42 Å². The maximum absolute atomic E-state index is 13.1. The highest BCUT2D eigenvalue weighted by Crippen LogP contribution is 2.30. The van der Waals surface area contributed by atoms with Gasteiger partial charge in [-0.2, -0.15) is 0 Å². The first-order valence-electron chi connectivity index (χ1n) is 10.7. The summed E-state index contributed by atoms with van der Waals surface area (Å²) in [6.45, 7) is 6.00. The third-order valence-corrected chi connectivity index (χ3v) is 7.28. The number of hydrogen-bond donors (Lipinski definition) is 1. The van der Waals surface area contributed by atoms with Crippen LogP contribution in [0.15, 0.2) is 64.0 Å². The molecule has 0 radical (unpaired) electrons. The van der Waals surface area contributed by atoms with Crippen molar-refractivity contribution in [2.45, 2.75) is 11.8 Å². The zero-order valence-electron chi connectivity index (χ0n) is 18.5. The highest BCUT2D eigenvalue weighted by molar-refractivity contribution is 9.10. The number of rotatable bonds is 7. The molecule has 1 aliphatic heterocycles. The zero-order valence-corrected chi connectivity index (χ0v) is 20.9. The van der Waals surface area contributed by atoms with Crippen LogP contribution in [0.4, 0.5) is 11.5 Å². The summed E-state index contributed by atoms with van der Waals surface area (Å²) in [6, 6.07) is 15.9. The molecule has 174 valence electrons. The molecule has 0 amide bonds. The molecule has 4 rings (SSSR count). The zero-order chi connectivity index (χ0) is 23.4. The molecule has 10 heteroatoms. The molecule has 33 heavy (non-hydrogen) atoms. The molecule has 1 aromatic heterocycles. The van der Waals surface area contributed by atoms with E-state index in [1.807, 2.05) is 25.1 Å². The van der Waals surface area contributed by atoms with Gasteiger partial charge in [-0.3, -0.25) is 4.72 Å². The average Bonchev–Trinajstić information content (AvgIpc) is 2.81. The summed E-state index contributed by atoms with van der Waals surface area (Å²) in [5, 5.41) is 8.77. The van der Waals surface area contributed by atoms with Gasteiger partial charge in [0.1, 0.15) is 10.6 Å². The van der Waals surface area contributed by atoms with Crippen LogP contribution in [0.3, 0.4) is 0 Å². The molecule has 0 saturated carbocycles. The Morgan fingerprint density at radius 2 is 1.82 bits per heavy atom. The van der Waals surface area contributed by atoms with Crippen LogP contribution in [-0.4, -0.2) is 63.3 Å². The number of nitrogens with one attached hydrogen (secondary N) is 1. The first-order valence-corrected chi connectivity index (χ1v) is 13.0. The molecule has 2 aromatic carbocycles. The minimum atomic E-state index is -3.87. The number of likely N-dealkylation sites (N-methyl/N-ethyl adjacent to an activating group) is 1. The van der Waals surface area contributed by atoms with E-state index < -0.39 is 10.0 Å². The number of ether oxygens (including phenoxy) is 1. The van der Waals surface area contributed by atoms with E-state index >= 15 is 0 Å². The summed E-state index contributed by atoms with van der Waals surface area (Å²) in [6.07, 6.45) is 0. The second-order valence-corrected chi connectivity index (χ2v) is 10.3. The fourth-order valence-corrected chi connectivity index (χ4v) is 5.34. The Bertz CT molecular complexity index is 1210. The van der Waals surface area contributed by atoms with Crippen molar-refractivity contribution in [3.05, 3.63) is 59.1 Å². The molecule has 2 heterocycles. The minimum Gasteiger partial charge on any atom is -0.492 e. The smallest absolute Gasteiger partial charge is 0.265 e. The van der Waals surface area contributed by atoms with Crippen molar-refractivity contribution in [3.8, 4) is 17.0 Å². The summed E-state index contributed by atoms with van der Waals surface area (Å²) in [7, 11) is -1.75. The fourth-order valence-electron chi connectivity index (χ4n) is 3.60. The van der Waals surface area contributed by atoms with E-state index in [-0.39, 0.29) is 4.90 Å². The van der Waals surface area contributed by atoms with E-state index in [0.29, 0.717) is 28.2 Å². The summed E-state index contributed by atoms with van der Waals surface area (Å²) >= 11 is 3.34. The Kier molecular flexibility index (Phi) is 7.16. The van der Waals surface area contributed by atoms with Gasteiger partial charge in [0.2, 0.25) is 0 Å². The summed E-state index contributed by atoms with van der Waals surface area (Å²) in [5.74, 6) is 1.15. The first kappa shape index (κ1) is 23.5. The number of sulfonamides is 1. The number of piperazine rings is 1. The molecule has 0 aliphatic carbocycles. The molecule has 1 fully saturated rings. The van der Waals surface area contributed by atoms with Gasteiger partial charge in [0.05, 0.1) is 12.3 Å². The third-order valence-electron chi connectivity index (χ3n) is 5.38. The Morgan fingerprint density at radius 1 is 1.03 bits per heavy atom. The van der Waals surface area contributed by atoms with E-state index in [1.54, 1.807) is 30.3 Å². The second-order valence-electron chi connectivity index (χ2n) is 7.78. The van der Waals surface area contributed by atoms with Crippen molar-refractivity contribution in [1.82, 2.24) is 15.1 Å². The summed E-state index contributed by atoms with van der Waals surface area (Å²) < 4.78 is 35.0. The van der Waals surface area contributed by atoms with Crippen molar-refractivity contribution in [2.24, 2.45) is 0 Å². The average molecular weight is 532 g/mol. The highest BCUT2D eigenvalue weighted by Gasteiger charge is 2.21. The molecule has 1 aliphatic rings. The Balaban J connectivity index is 1.54. The molecule has 8 nitrogen and oxygen atoms in total. The van der Waals surface area contributed by atoms with Gasteiger partial charge in [-0.25, -0.2) is 8.42 Å². The van der Waals surface area contributed by atoms with Crippen LogP contribution in [0.2, 0.25) is 0 Å². The molecule has 1 N–H and O–H groups in total. The summed E-state index contributed by atoms with van der Waals surface area (Å²) in [4.78, 5) is 4.58. The maximum Gasteiger partial charge on any atom is 0.265 e. The van der Waals surface area contributed by atoms with Crippen molar-refractivity contribution in [3.63, 3.8) is 0 Å². The third kappa shape index (κ3) is 5.63. The van der Waals surface area contributed by atoms with Crippen LogP contribution in [0.25, 0.3) is 11.3 Å². The number of aromatic nitrogens is 2. The Morgan fingerprint density at radius 3 is 2.52 bits per heavy atom. The second kappa shape index (κ2) is 10.1. The van der Waals surface area contributed by atoms with E-state index in [1.165, 1.54) is 6.07 Å². The molecular formula is C23H26BrN5O3S. The standard InChI is InChI=1S/C23H26BrN5O3S/c1-3-32-21-9-7-18(24)16-22(21)33(30,31)27-19-6-4-5-17(15-19)20-8-10-23(26-25-20)29-13-11-28(2)12-14-29/h4-10,15-16,27H,3,11-14H2,1-2H3. The number of anilines is 2. The predicted molar refractivity (Wildman–Crippen MR) is 133 cm³/mol. The van der Waals surface area contributed by atoms with Gasteiger partial charge in [-0.05, 0) is 56.4 Å². The molecule has 3 aromatic rings. The van der Waals surface area contributed by atoms with Gasteiger partial charge in [-0.15, -0.1) is 10.2 Å². The topological polar surface area (TPSA) is 87.7 Å². The van der Waals surface area contributed by atoms with E-state index in [0.717, 1.165) is 37.6 Å². The van der Waals surface area contributed by atoms with Gasteiger partial charge < -0.3 is 14.5 Å². The fraction of sp³-hybridized carbons (Fsp3) is 0.304. The van der Waals surface area contributed by atoms with E-state index in [4.69, 9.17) is 4.74 Å². The van der Waals surface area contributed by atoms with Gasteiger partial charge in [-0.1, -0.05) is 28.1 Å². The monoisotopic (exact) mass is 531 g/mol. The molecule has 0 unspecified atom stereocenters. The number of benzene rings is 2. The number of halogens is 1. The van der Waals surface area contributed by atoms with Crippen molar-refractivity contribution in [2.75, 3.05) is 49.5 Å². The summed E-state index contributed by atoms with van der Waals surface area (Å²) in [5.41, 5.74) is 1.87. The lowest BCUT2D eigenvalue weighted by Gasteiger charge is -2.32. The minimum absolute atomic E-state index is 0.0699. The molecule has 0 bridgehead atoms. The van der Waals surface area contributed by atoms with Crippen LogP contribution in [0.1, 0.15) is 6.92 Å². The normalized spacial score (nSPS) is 14.8. The van der Waals surface area contributed by atoms with Crippen LogP contribution in [-0.2, 0) is 10.0 Å². The van der Waals surface area contributed by atoms with Gasteiger partial charge in [0, 0.05) is 41.9 Å². The van der Waals surface area contributed by atoms with Gasteiger partial charge in [0.25, 0.3) is 10.0 Å². The van der Waals surface area contributed by atoms with Gasteiger partial charge >= 0.3 is 0 Å². The predicted octanol–water partition coefficient (Wildman–Crippen LogP) is 3.86. The quantitative estimate of drug-likeness (QED) is 0.495. The Hall–Kier alpha value is -2.69. The SMILES string of the molecule is CCOc1ccc(Br)cc1S(=O)(=O)Nc1cccc(-c2ccc(N3CCN(C)CC3)nn2)c1. The van der Waals surface area contributed by atoms with Crippen LogP contribution >= 0.6 is 15.9 Å². The van der Waals surface area contributed by atoms with Crippen LogP contribution in [0.5, 0.6) is 5.75 Å². The molecule has 0 atom stereocenters. The highest BCUT2D eigenvalue weighted by atomic mass is 79.9. The largest absolute Gasteiger partial charge is 0.492 e. The Labute approximate surface area is 202 Å². The van der Waals surface area contributed by atoms with Gasteiger partial charge in [0.15, 0.2) is 5.82 Å². The lowest BCUT2D eigenvalue weighted by Crippen LogP contribution is -2.44. The number of nitrogens with zero attached hydrogens (tertiary/aromatic N) is 4. The van der Waals surface area contributed by atoms with Crippen LogP contribution in [0, 0.1) is 0 Å². The van der Waals surface area contributed by atoms with Crippen LogP contribution < -0.4 is 14.4 Å². The van der Waals surface area contributed by atoms with Crippen molar-refractivity contribution >= 4 is 37.5 Å². The molecule has 1 saturated heterocycles. The lowest BCUT2D eigenvalue weighted by molar-refractivity contribution is 0.312. The number of hydrogen-bond acceptors (Lipinski definition) is 7.